The number of amides is 1. The van der Waals surface area contributed by atoms with Gasteiger partial charge in [-0.1, -0.05) is 48.6 Å². The largest absolute Gasteiger partial charge is 0.504 e. The van der Waals surface area contributed by atoms with Gasteiger partial charge >= 0.3 is 0 Å². The van der Waals surface area contributed by atoms with E-state index >= 15 is 0 Å². The number of carbonyl (C=O) groups is 1. The fourth-order valence-corrected chi connectivity index (χ4v) is 7.49. The number of aromatic hydroxyl groups is 1. The summed E-state index contributed by atoms with van der Waals surface area (Å²) in [6.07, 6.45) is 12.0. The first kappa shape index (κ1) is 24.2. The maximum Gasteiger partial charge on any atom is 0.246 e. The fourth-order valence-electron chi connectivity index (χ4n) is 7.49. The summed E-state index contributed by atoms with van der Waals surface area (Å²) in [6, 6.07) is 15.3. The van der Waals surface area contributed by atoms with Crippen LogP contribution in [0.1, 0.15) is 28.7 Å². The van der Waals surface area contributed by atoms with Crippen LogP contribution in [0.5, 0.6) is 11.5 Å². The molecule has 1 amide bonds. The minimum Gasteiger partial charge on any atom is -0.504 e. The fraction of sp³-hybridized carbons (Fsp3) is 0.344. The number of nitrogens with zero attached hydrogens (tertiary/aromatic N) is 2. The van der Waals surface area contributed by atoms with E-state index in [4.69, 9.17) is 9.15 Å². The minimum atomic E-state index is -1.19. The summed E-state index contributed by atoms with van der Waals surface area (Å²) in [5.41, 5.74) is 2.15. The molecule has 4 aliphatic rings. The number of hydrogen-bond acceptors (Lipinski definition) is 6. The molecule has 0 saturated carbocycles. The molecule has 0 radical (unpaired) electrons. The van der Waals surface area contributed by atoms with Crippen molar-refractivity contribution in [2.45, 2.75) is 48.5 Å². The van der Waals surface area contributed by atoms with E-state index in [0.717, 1.165) is 36.2 Å². The van der Waals surface area contributed by atoms with Gasteiger partial charge in [-0.2, -0.15) is 0 Å². The quantitative estimate of drug-likeness (QED) is 0.378. The third kappa shape index (κ3) is 3.46. The maximum absolute atomic E-state index is 13.3. The lowest BCUT2D eigenvalue weighted by Crippen LogP contribution is -2.76. The highest BCUT2D eigenvalue weighted by molar-refractivity contribution is 5.92. The molecule has 2 aliphatic heterocycles. The Bertz CT molecular complexity index is 1470. The van der Waals surface area contributed by atoms with Gasteiger partial charge in [0.2, 0.25) is 5.91 Å². The number of hydrogen-bond donors (Lipinski definition) is 2. The van der Waals surface area contributed by atoms with E-state index < -0.39 is 23.2 Å². The molecule has 3 heterocycles. The highest BCUT2D eigenvalue weighted by atomic mass is 16.5. The standard InChI is InChI=1S/C32H32N2O5/c1-33(27(36)10-7-22-13-18-38-20-22)24-11-14-32(37)26-19-23-8-9-25(35)29-28(23)31(32,30(24)39-29)15-17-34(26)16-12-21-5-3-2-4-6-21/h2-11,13-14,18,20,24,26,30,35,37H,12,15-17,19H2,1H3/b10-7+/t24?,26-,30?,31+,32-/m1/s1. The summed E-state index contributed by atoms with van der Waals surface area (Å²) in [4.78, 5) is 17.3. The first-order valence-corrected chi connectivity index (χ1v) is 13.6. The van der Waals surface area contributed by atoms with Crippen LogP contribution >= 0.6 is 0 Å². The number of piperidine rings is 1. The summed E-state index contributed by atoms with van der Waals surface area (Å²) in [6.45, 7) is 1.64. The second-order valence-corrected chi connectivity index (χ2v) is 11.2. The van der Waals surface area contributed by atoms with Crippen LogP contribution in [0, 0.1) is 0 Å². The van der Waals surface area contributed by atoms with Gasteiger partial charge in [-0.05, 0) is 55.1 Å². The van der Waals surface area contributed by atoms with Gasteiger partial charge in [0.15, 0.2) is 11.5 Å². The van der Waals surface area contributed by atoms with Crippen molar-refractivity contribution in [1.29, 1.82) is 0 Å². The molecule has 3 aromatic rings. The number of phenolic OH excluding ortho intramolecular Hbond substituents is 1. The third-order valence-corrected chi connectivity index (χ3v) is 9.41. The van der Waals surface area contributed by atoms with E-state index in [1.807, 2.05) is 24.3 Å². The smallest absolute Gasteiger partial charge is 0.246 e. The van der Waals surface area contributed by atoms with Crippen molar-refractivity contribution >= 4 is 12.0 Å². The topological polar surface area (TPSA) is 86.4 Å². The molecule has 7 heteroatoms. The summed E-state index contributed by atoms with van der Waals surface area (Å²) in [7, 11) is 1.76. The average molecular weight is 525 g/mol. The number of rotatable bonds is 6. The Morgan fingerprint density at radius 2 is 2.05 bits per heavy atom. The number of benzene rings is 2. The van der Waals surface area contributed by atoms with E-state index in [9.17, 15) is 15.0 Å². The van der Waals surface area contributed by atoms with E-state index in [1.54, 1.807) is 42.7 Å². The van der Waals surface area contributed by atoms with Gasteiger partial charge in [-0.15, -0.1) is 0 Å². The number of furan rings is 1. The van der Waals surface area contributed by atoms with Gasteiger partial charge in [-0.25, -0.2) is 0 Å². The van der Waals surface area contributed by atoms with Crippen LogP contribution in [0.4, 0.5) is 0 Å². The van der Waals surface area contributed by atoms with E-state index in [0.29, 0.717) is 18.6 Å². The second-order valence-electron chi connectivity index (χ2n) is 11.2. The molecule has 39 heavy (non-hydrogen) atoms. The maximum atomic E-state index is 13.3. The monoisotopic (exact) mass is 524 g/mol. The molecule has 2 unspecified atom stereocenters. The number of carbonyl (C=O) groups excluding carboxylic acids is 1. The van der Waals surface area contributed by atoms with Crippen LogP contribution in [0.2, 0.25) is 0 Å². The average Bonchev–Trinajstić information content (AvgIpc) is 3.59. The Hall–Kier alpha value is -3.81. The summed E-state index contributed by atoms with van der Waals surface area (Å²) in [5.74, 6) is 0.359. The van der Waals surface area contributed by atoms with Crippen LogP contribution in [-0.2, 0) is 23.1 Å². The van der Waals surface area contributed by atoms with E-state index in [-0.39, 0.29) is 17.7 Å². The molecule has 200 valence electrons. The molecular weight excluding hydrogens is 492 g/mol. The van der Waals surface area contributed by atoms with Crippen LogP contribution in [0.3, 0.4) is 0 Å². The normalized spacial score (nSPS) is 30.3. The summed E-state index contributed by atoms with van der Waals surface area (Å²) in [5, 5.41) is 23.5. The van der Waals surface area contributed by atoms with Crippen molar-refractivity contribution < 1.29 is 24.2 Å². The predicted octanol–water partition coefficient (Wildman–Crippen LogP) is 3.70. The van der Waals surface area contributed by atoms with Crippen molar-refractivity contribution in [1.82, 2.24) is 9.80 Å². The number of likely N-dealkylation sites (N-methyl/N-ethyl adjacent to an activating group) is 1. The lowest BCUT2D eigenvalue weighted by molar-refractivity contribution is -0.154. The van der Waals surface area contributed by atoms with Gasteiger partial charge in [0, 0.05) is 36.8 Å². The molecule has 2 N–H and O–H groups in total. The van der Waals surface area contributed by atoms with Gasteiger partial charge in [0.1, 0.15) is 11.7 Å². The lowest BCUT2D eigenvalue weighted by Gasteiger charge is -2.62. The molecule has 2 aliphatic carbocycles. The zero-order chi connectivity index (χ0) is 26.8. The molecule has 5 atom stereocenters. The molecule has 1 spiro atoms. The highest BCUT2D eigenvalue weighted by Crippen LogP contribution is 2.64. The van der Waals surface area contributed by atoms with Crippen molar-refractivity contribution in [3.05, 3.63) is 102 Å². The van der Waals surface area contributed by atoms with Crippen LogP contribution in [0.25, 0.3) is 6.08 Å². The minimum absolute atomic E-state index is 0.0809. The number of ether oxygens (including phenoxy) is 1. The number of phenols is 1. The van der Waals surface area contributed by atoms with Crippen molar-refractivity contribution in [3.63, 3.8) is 0 Å². The molecular formula is C32H32N2O5. The highest BCUT2D eigenvalue weighted by Gasteiger charge is 2.72. The van der Waals surface area contributed by atoms with Crippen LogP contribution in [-0.4, -0.2) is 69.8 Å². The Kier molecular flexibility index (Phi) is 5.51. The Balaban J connectivity index is 1.26. The SMILES string of the molecule is CN(C(=O)/C=C/c1ccoc1)C1C=C[C@@]2(O)[C@H]3Cc4ccc(O)c5c4[C@@]2(CCN3CCc2ccccc2)C1O5. The van der Waals surface area contributed by atoms with Crippen LogP contribution in [0.15, 0.2) is 83.7 Å². The van der Waals surface area contributed by atoms with Crippen molar-refractivity contribution in [2.24, 2.45) is 0 Å². The van der Waals surface area contributed by atoms with Gasteiger partial charge < -0.3 is 24.3 Å². The zero-order valence-electron chi connectivity index (χ0n) is 21.9. The molecule has 2 bridgehead atoms. The lowest BCUT2D eigenvalue weighted by atomic mass is 9.50. The third-order valence-electron chi connectivity index (χ3n) is 9.41. The Labute approximate surface area is 227 Å². The van der Waals surface area contributed by atoms with Gasteiger partial charge in [0.05, 0.1) is 24.0 Å². The molecule has 1 aromatic heterocycles. The second kappa shape index (κ2) is 8.86. The van der Waals surface area contributed by atoms with E-state index in [1.165, 1.54) is 11.6 Å². The molecule has 7 nitrogen and oxygen atoms in total. The predicted molar refractivity (Wildman–Crippen MR) is 146 cm³/mol. The summed E-state index contributed by atoms with van der Waals surface area (Å²) >= 11 is 0. The molecule has 7 rings (SSSR count). The first-order valence-electron chi connectivity index (χ1n) is 13.6. The Morgan fingerprint density at radius 3 is 2.85 bits per heavy atom. The van der Waals surface area contributed by atoms with Crippen LogP contribution < -0.4 is 4.74 Å². The van der Waals surface area contributed by atoms with Crippen molar-refractivity contribution in [3.8, 4) is 11.5 Å². The Morgan fingerprint density at radius 1 is 1.21 bits per heavy atom. The van der Waals surface area contributed by atoms with E-state index in [2.05, 4.69) is 29.2 Å². The molecule has 1 saturated heterocycles. The molecule has 2 aromatic carbocycles. The number of aliphatic hydroxyl groups is 1. The number of likely N-dealkylation sites (tertiary alicyclic amines) is 1. The van der Waals surface area contributed by atoms with Gasteiger partial charge in [-0.3, -0.25) is 9.69 Å². The summed E-state index contributed by atoms with van der Waals surface area (Å²) < 4.78 is 11.7. The zero-order valence-corrected chi connectivity index (χ0v) is 21.9. The van der Waals surface area contributed by atoms with Crippen molar-refractivity contribution in [2.75, 3.05) is 20.1 Å². The first-order chi connectivity index (χ1) is 18.9. The van der Waals surface area contributed by atoms with Gasteiger partial charge in [0.25, 0.3) is 0 Å². The molecule has 1 fully saturated rings.